The molecule has 0 bridgehead atoms. The van der Waals surface area contributed by atoms with Gasteiger partial charge in [0, 0.05) is 28.6 Å². The van der Waals surface area contributed by atoms with Crippen LogP contribution >= 0.6 is 15.9 Å². The Hall–Kier alpha value is -2.28. The second-order valence-electron chi connectivity index (χ2n) is 3.82. The minimum absolute atomic E-state index is 0.217. The van der Waals surface area contributed by atoms with Crippen LogP contribution in [0.5, 0.6) is 0 Å². The van der Waals surface area contributed by atoms with Crippen molar-refractivity contribution in [1.82, 2.24) is 19.6 Å². The normalized spacial score (nSPS) is 10.6. The summed E-state index contributed by atoms with van der Waals surface area (Å²) < 4.78 is 2.55. The third-order valence-electron chi connectivity index (χ3n) is 2.55. The molecule has 94 valence electrons. The third kappa shape index (κ3) is 2.32. The number of carbonyl (C=O) groups excluding carboxylic acids is 1. The van der Waals surface area contributed by atoms with E-state index in [1.165, 1.54) is 0 Å². The summed E-state index contributed by atoms with van der Waals surface area (Å²) in [6.07, 6.45) is 6.53. The van der Waals surface area contributed by atoms with Crippen LogP contribution in [-0.2, 0) is 0 Å². The molecule has 3 rings (SSSR count). The van der Waals surface area contributed by atoms with E-state index in [-0.39, 0.29) is 5.91 Å². The van der Waals surface area contributed by atoms with Crippen molar-refractivity contribution in [3.8, 4) is 0 Å². The zero-order valence-corrected chi connectivity index (χ0v) is 11.2. The van der Waals surface area contributed by atoms with E-state index in [0.29, 0.717) is 16.9 Å². The van der Waals surface area contributed by atoms with Crippen LogP contribution in [0.3, 0.4) is 0 Å². The van der Waals surface area contributed by atoms with Crippen LogP contribution in [0, 0.1) is 0 Å². The fourth-order valence-electron chi connectivity index (χ4n) is 1.69. The maximum absolute atomic E-state index is 12.1. The molecule has 6 nitrogen and oxygen atoms in total. The molecule has 0 unspecified atom stereocenters. The van der Waals surface area contributed by atoms with Crippen LogP contribution < -0.4 is 5.32 Å². The number of fused-ring (bicyclic) bond motifs is 1. The molecule has 3 heterocycles. The van der Waals surface area contributed by atoms with E-state index >= 15 is 0 Å². The first-order valence-electron chi connectivity index (χ1n) is 5.44. The van der Waals surface area contributed by atoms with Gasteiger partial charge >= 0.3 is 0 Å². The number of rotatable bonds is 2. The first kappa shape index (κ1) is 11.8. The zero-order chi connectivity index (χ0) is 13.2. The summed E-state index contributed by atoms with van der Waals surface area (Å²) in [7, 11) is 0. The number of hydrogen-bond donors (Lipinski definition) is 1. The molecule has 0 aliphatic carbocycles. The van der Waals surface area contributed by atoms with Gasteiger partial charge in [-0.25, -0.2) is 0 Å². The topological polar surface area (TPSA) is 72.2 Å². The van der Waals surface area contributed by atoms with Crippen molar-refractivity contribution in [3.05, 3.63) is 53.2 Å². The van der Waals surface area contributed by atoms with Crippen molar-refractivity contribution >= 4 is 33.2 Å². The van der Waals surface area contributed by atoms with Gasteiger partial charge in [-0.2, -0.15) is 0 Å². The van der Waals surface area contributed by atoms with E-state index in [1.807, 2.05) is 6.20 Å². The Morgan fingerprint density at radius 2 is 2.11 bits per heavy atom. The van der Waals surface area contributed by atoms with E-state index < -0.39 is 0 Å². The van der Waals surface area contributed by atoms with E-state index in [4.69, 9.17) is 0 Å². The van der Waals surface area contributed by atoms with Gasteiger partial charge in [-0.05, 0) is 34.1 Å². The van der Waals surface area contributed by atoms with E-state index in [1.54, 1.807) is 41.3 Å². The van der Waals surface area contributed by atoms with Crippen LogP contribution in [0.4, 0.5) is 5.69 Å². The summed E-state index contributed by atoms with van der Waals surface area (Å²) in [6, 6.07) is 5.08. The van der Waals surface area contributed by atoms with Crippen LogP contribution in [0.25, 0.3) is 5.65 Å². The SMILES string of the molecule is O=C(Nc1cc(Br)cn2cnnc12)c1ccncc1. The molecule has 3 aromatic heterocycles. The Morgan fingerprint density at radius 3 is 2.89 bits per heavy atom. The summed E-state index contributed by atoms with van der Waals surface area (Å²) in [5.41, 5.74) is 1.71. The molecule has 0 radical (unpaired) electrons. The van der Waals surface area contributed by atoms with E-state index in [9.17, 15) is 4.79 Å². The summed E-state index contributed by atoms with van der Waals surface area (Å²) in [6.45, 7) is 0. The number of nitrogens with one attached hydrogen (secondary N) is 1. The van der Waals surface area contributed by atoms with Crippen LogP contribution in [-0.4, -0.2) is 25.5 Å². The van der Waals surface area contributed by atoms with Crippen molar-refractivity contribution < 1.29 is 4.79 Å². The maximum atomic E-state index is 12.1. The Morgan fingerprint density at radius 1 is 1.32 bits per heavy atom. The molecule has 7 heteroatoms. The number of pyridine rings is 2. The molecule has 0 atom stereocenters. The first-order valence-corrected chi connectivity index (χ1v) is 6.23. The van der Waals surface area contributed by atoms with Crippen molar-refractivity contribution in [1.29, 1.82) is 0 Å². The monoisotopic (exact) mass is 317 g/mol. The molecule has 0 saturated carbocycles. The molecule has 0 aliphatic rings. The third-order valence-corrected chi connectivity index (χ3v) is 2.98. The fourth-order valence-corrected chi connectivity index (χ4v) is 2.14. The molecule has 0 saturated heterocycles. The Labute approximate surface area is 116 Å². The molecule has 19 heavy (non-hydrogen) atoms. The second kappa shape index (κ2) is 4.77. The van der Waals surface area contributed by atoms with Crippen molar-refractivity contribution in [3.63, 3.8) is 0 Å². The molecule has 0 aliphatic heterocycles. The van der Waals surface area contributed by atoms with Gasteiger partial charge in [-0.3, -0.25) is 14.2 Å². The molecule has 1 amide bonds. The van der Waals surface area contributed by atoms with Crippen LogP contribution in [0.2, 0.25) is 0 Å². The number of amides is 1. The molecule has 1 N–H and O–H groups in total. The molecule has 0 spiro atoms. The highest BCUT2D eigenvalue weighted by atomic mass is 79.9. The minimum atomic E-state index is -0.217. The lowest BCUT2D eigenvalue weighted by Gasteiger charge is -2.06. The van der Waals surface area contributed by atoms with Gasteiger partial charge in [0.15, 0.2) is 5.65 Å². The van der Waals surface area contributed by atoms with Gasteiger partial charge in [0.2, 0.25) is 0 Å². The average Bonchev–Trinajstić information content (AvgIpc) is 2.88. The first-order chi connectivity index (χ1) is 9.24. The van der Waals surface area contributed by atoms with E-state index in [2.05, 4.69) is 36.4 Å². The van der Waals surface area contributed by atoms with Gasteiger partial charge in [-0.1, -0.05) is 0 Å². The van der Waals surface area contributed by atoms with Gasteiger partial charge in [0.25, 0.3) is 5.91 Å². The molecular weight excluding hydrogens is 310 g/mol. The molecule has 0 aromatic carbocycles. The lowest BCUT2D eigenvalue weighted by atomic mass is 10.2. The number of hydrogen-bond acceptors (Lipinski definition) is 4. The average molecular weight is 318 g/mol. The standard InChI is InChI=1S/C12H8BrN5O/c13-9-5-10(11-17-15-7-18(11)6-9)16-12(19)8-1-3-14-4-2-8/h1-7H,(H,16,19). The second-order valence-corrected chi connectivity index (χ2v) is 4.74. The van der Waals surface area contributed by atoms with Gasteiger partial charge < -0.3 is 5.32 Å². The quantitative estimate of drug-likeness (QED) is 0.786. The summed E-state index contributed by atoms with van der Waals surface area (Å²) in [5.74, 6) is -0.217. The number of halogens is 1. The van der Waals surface area contributed by atoms with Crippen molar-refractivity contribution in [2.75, 3.05) is 5.32 Å². The van der Waals surface area contributed by atoms with Crippen molar-refractivity contribution in [2.45, 2.75) is 0 Å². The predicted molar refractivity (Wildman–Crippen MR) is 72.9 cm³/mol. The molecular formula is C12H8BrN5O. The highest BCUT2D eigenvalue weighted by Crippen LogP contribution is 2.21. The van der Waals surface area contributed by atoms with E-state index in [0.717, 1.165) is 4.47 Å². The predicted octanol–water partition coefficient (Wildman–Crippen LogP) is 2.14. The summed E-state index contributed by atoms with van der Waals surface area (Å²) >= 11 is 3.38. The smallest absolute Gasteiger partial charge is 0.255 e. The molecule has 3 aromatic rings. The van der Waals surface area contributed by atoms with Gasteiger partial charge in [0.05, 0.1) is 5.69 Å². The lowest BCUT2D eigenvalue weighted by molar-refractivity contribution is 0.102. The number of anilines is 1. The van der Waals surface area contributed by atoms with Gasteiger partial charge in [-0.15, -0.1) is 10.2 Å². The Balaban J connectivity index is 1.97. The lowest BCUT2D eigenvalue weighted by Crippen LogP contribution is -2.12. The van der Waals surface area contributed by atoms with Crippen molar-refractivity contribution in [2.24, 2.45) is 0 Å². The van der Waals surface area contributed by atoms with Gasteiger partial charge in [0.1, 0.15) is 6.33 Å². The Kier molecular flexibility index (Phi) is 2.96. The summed E-state index contributed by atoms with van der Waals surface area (Å²) in [5, 5.41) is 10.6. The Bertz CT molecular complexity index is 740. The zero-order valence-electron chi connectivity index (χ0n) is 9.62. The summed E-state index contributed by atoms with van der Waals surface area (Å²) in [4.78, 5) is 16.0. The minimum Gasteiger partial charge on any atom is -0.319 e. The number of carbonyl (C=O) groups is 1. The maximum Gasteiger partial charge on any atom is 0.255 e. The number of nitrogens with zero attached hydrogens (tertiary/aromatic N) is 4. The fraction of sp³-hybridized carbons (Fsp3) is 0. The van der Waals surface area contributed by atoms with Crippen LogP contribution in [0.1, 0.15) is 10.4 Å². The van der Waals surface area contributed by atoms with Crippen LogP contribution in [0.15, 0.2) is 47.6 Å². The highest BCUT2D eigenvalue weighted by molar-refractivity contribution is 9.10. The molecule has 0 fully saturated rings. The largest absolute Gasteiger partial charge is 0.319 e. The highest BCUT2D eigenvalue weighted by Gasteiger charge is 2.10. The number of aromatic nitrogens is 4.